The molecule has 20 heavy (non-hydrogen) atoms. The van der Waals surface area contributed by atoms with Gasteiger partial charge in [0.1, 0.15) is 0 Å². The smallest absolute Gasteiger partial charge is 0.234 e. The lowest BCUT2D eigenvalue weighted by molar-refractivity contribution is 0.424. The van der Waals surface area contributed by atoms with Gasteiger partial charge in [0.15, 0.2) is 17.5 Å². The number of hydrogen-bond acceptors (Lipinski definition) is 3. The minimum atomic E-state index is -3.83. The number of anilines is 1. The van der Waals surface area contributed by atoms with E-state index in [1.165, 1.54) is 0 Å². The number of benzene rings is 1. The van der Waals surface area contributed by atoms with Crippen molar-refractivity contribution in [3.63, 3.8) is 0 Å². The van der Waals surface area contributed by atoms with Gasteiger partial charge in [-0.1, -0.05) is 6.42 Å². The molecular weight excluding hydrogens is 293 g/mol. The molecule has 8 heteroatoms. The number of nitrogens with one attached hydrogen (secondary N) is 2. The van der Waals surface area contributed by atoms with Crippen molar-refractivity contribution in [3.8, 4) is 0 Å². The molecule has 1 aromatic rings. The zero-order valence-corrected chi connectivity index (χ0v) is 11.4. The van der Waals surface area contributed by atoms with Crippen LogP contribution in [-0.2, 0) is 10.0 Å². The van der Waals surface area contributed by atoms with Crippen molar-refractivity contribution in [1.29, 1.82) is 0 Å². The van der Waals surface area contributed by atoms with E-state index in [2.05, 4.69) is 5.32 Å². The van der Waals surface area contributed by atoms with Crippen molar-refractivity contribution >= 4 is 15.7 Å². The Hall–Kier alpha value is -1.28. The molecule has 1 saturated heterocycles. The molecule has 1 atom stereocenters. The van der Waals surface area contributed by atoms with Crippen LogP contribution < -0.4 is 10.0 Å². The van der Waals surface area contributed by atoms with Crippen LogP contribution in [0.25, 0.3) is 0 Å². The van der Waals surface area contributed by atoms with Gasteiger partial charge < -0.3 is 5.32 Å². The van der Waals surface area contributed by atoms with E-state index in [9.17, 15) is 21.6 Å². The molecule has 1 aliphatic heterocycles. The summed E-state index contributed by atoms with van der Waals surface area (Å²) in [6.45, 7) is 0.736. The average Bonchev–Trinajstić information content (AvgIpc) is 2.40. The predicted molar refractivity (Wildman–Crippen MR) is 69.4 cm³/mol. The summed E-state index contributed by atoms with van der Waals surface area (Å²) < 4.78 is 64.9. The highest BCUT2D eigenvalue weighted by Gasteiger charge is 2.23. The summed E-state index contributed by atoms with van der Waals surface area (Å²) in [4.78, 5) is 0. The van der Waals surface area contributed by atoms with E-state index >= 15 is 0 Å². The Morgan fingerprint density at radius 2 is 1.95 bits per heavy atom. The van der Waals surface area contributed by atoms with Gasteiger partial charge in [0, 0.05) is 6.04 Å². The van der Waals surface area contributed by atoms with Crippen molar-refractivity contribution in [1.82, 2.24) is 5.32 Å². The number of piperidine rings is 1. The fraction of sp³-hybridized carbons (Fsp3) is 0.500. The highest BCUT2D eigenvalue weighted by molar-refractivity contribution is 7.92. The SMILES string of the molecule is O=S(=O)(CC1CCCCN1)Nc1ccc(F)c(F)c1F. The van der Waals surface area contributed by atoms with Crippen LogP contribution in [0.15, 0.2) is 12.1 Å². The van der Waals surface area contributed by atoms with Crippen LogP contribution >= 0.6 is 0 Å². The van der Waals surface area contributed by atoms with Gasteiger partial charge in [-0.2, -0.15) is 0 Å². The highest BCUT2D eigenvalue weighted by Crippen LogP contribution is 2.21. The molecule has 2 N–H and O–H groups in total. The van der Waals surface area contributed by atoms with Crippen molar-refractivity contribution in [2.75, 3.05) is 17.0 Å². The molecule has 1 heterocycles. The first-order valence-electron chi connectivity index (χ1n) is 6.26. The average molecular weight is 308 g/mol. The zero-order valence-electron chi connectivity index (χ0n) is 10.6. The lowest BCUT2D eigenvalue weighted by Gasteiger charge is -2.23. The second-order valence-corrected chi connectivity index (χ2v) is 6.52. The summed E-state index contributed by atoms with van der Waals surface area (Å²) in [6.07, 6.45) is 2.62. The van der Waals surface area contributed by atoms with Crippen molar-refractivity contribution in [2.45, 2.75) is 25.3 Å². The number of sulfonamides is 1. The Morgan fingerprint density at radius 3 is 2.60 bits per heavy atom. The number of hydrogen-bond donors (Lipinski definition) is 2. The summed E-state index contributed by atoms with van der Waals surface area (Å²) in [5.41, 5.74) is -0.584. The minimum Gasteiger partial charge on any atom is -0.313 e. The molecule has 1 aliphatic rings. The second-order valence-electron chi connectivity index (χ2n) is 4.75. The first-order chi connectivity index (χ1) is 9.39. The van der Waals surface area contributed by atoms with Gasteiger partial charge in [-0.15, -0.1) is 0 Å². The standard InChI is InChI=1S/C12H15F3N2O2S/c13-9-4-5-10(12(15)11(9)14)17-20(18,19)7-8-3-1-2-6-16-8/h4-5,8,16-17H,1-3,6-7H2. The number of halogens is 3. The van der Waals surface area contributed by atoms with Gasteiger partial charge in [-0.05, 0) is 31.5 Å². The molecule has 112 valence electrons. The van der Waals surface area contributed by atoms with E-state index < -0.39 is 33.2 Å². The zero-order chi connectivity index (χ0) is 14.8. The van der Waals surface area contributed by atoms with Crippen molar-refractivity contribution in [2.24, 2.45) is 0 Å². The maximum absolute atomic E-state index is 13.4. The first-order valence-corrected chi connectivity index (χ1v) is 7.91. The third kappa shape index (κ3) is 3.63. The van der Waals surface area contributed by atoms with E-state index in [0.717, 1.165) is 25.5 Å². The molecule has 2 rings (SSSR count). The summed E-state index contributed by atoms with van der Waals surface area (Å²) in [7, 11) is -3.83. The minimum absolute atomic E-state index is 0.213. The fourth-order valence-electron chi connectivity index (χ4n) is 2.15. The summed E-state index contributed by atoms with van der Waals surface area (Å²) in [5, 5.41) is 3.05. The van der Waals surface area contributed by atoms with E-state index in [1.807, 2.05) is 4.72 Å². The topological polar surface area (TPSA) is 58.2 Å². The molecule has 0 spiro atoms. The van der Waals surface area contributed by atoms with E-state index in [-0.39, 0.29) is 11.8 Å². The third-order valence-corrected chi connectivity index (χ3v) is 4.51. The maximum Gasteiger partial charge on any atom is 0.234 e. The predicted octanol–water partition coefficient (Wildman–Crippen LogP) is 1.99. The van der Waals surface area contributed by atoms with Crippen LogP contribution in [-0.4, -0.2) is 26.8 Å². The van der Waals surface area contributed by atoms with Crippen LogP contribution in [0.3, 0.4) is 0 Å². The Kier molecular flexibility index (Phi) is 4.54. The lowest BCUT2D eigenvalue weighted by atomic mass is 10.1. The highest BCUT2D eigenvalue weighted by atomic mass is 32.2. The quantitative estimate of drug-likeness (QED) is 0.836. The third-order valence-electron chi connectivity index (χ3n) is 3.13. The molecule has 0 aliphatic carbocycles. The van der Waals surface area contributed by atoms with Crippen molar-refractivity contribution < 1.29 is 21.6 Å². The van der Waals surface area contributed by atoms with Gasteiger partial charge in [0.25, 0.3) is 0 Å². The van der Waals surface area contributed by atoms with Gasteiger partial charge in [-0.3, -0.25) is 4.72 Å². The van der Waals surface area contributed by atoms with Gasteiger partial charge in [-0.25, -0.2) is 21.6 Å². The van der Waals surface area contributed by atoms with Crippen LogP contribution in [0.2, 0.25) is 0 Å². The Bertz CT molecular complexity index is 587. The normalized spacial score (nSPS) is 19.9. The van der Waals surface area contributed by atoms with Gasteiger partial charge in [0.05, 0.1) is 11.4 Å². The van der Waals surface area contributed by atoms with Gasteiger partial charge >= 0.3 is 0 Å². The van der Waals surface area contributed by atoms with Crippen molar-refractivity contribution in [3.05, 3.63) is 29.6 Å². The molecule has 1 unspecified atom stereocenters. The van der Waals surface area contributed by atoms with Gasteiger partial charge in [0.2, 0.25) is 10.0 Å². The largest absolute Gasteiger partial charge is 0.313 e. The summed E-state index contributed by atoms with van der Waals surface area (Å²) in [5.74, 6) is -4.82. The lowest BCUT2D eigenvalue weighted by Crippen LogP contribution is -2.40. The molecule has 1 aromatic carbocycles. The molecule has 0 bridgehead atoms. The molecule has 0 saturated carbocycles. The monoisotopic (exact) mass is 308 g/mol. The van der Waals surface area contributed by atoms with E-state index in [0.29, 0.717) is 12.5 Å². The molecule has 0 amide bonds. The Morgan fingerprint density at radius 1 is 1.20 bits per heavy atom. The maximum atomic E-state index is 13.4. The molecule has 1 fully saturated rings. The van der Waals surface area contributed by atoms with Crippen LogP contribution in [0.5, 0.6) is 0 Å². The number of rotatable bonds is 4. The molecule has 0 aromatic heterocycles. The van der Waals surface area contributed by atoms with Crippen LogP contribution in [0, 0.1) is 17.5 Å². The fourth-order valence-corrected chi connectivity index (χ4v) is 3.54. The second kappa shape index (κ2) is 6.01. The molecule has 0 radical (unpaired) electrons. The Balaban J connectivity index is 2.10. The van der Waals surface area contributed by atoms with E-state index in [4.69, 9.17) is 0 Å². The summed E-state index contributed by atoms with van der Waals surface area (Å²) >= 11 is 0. The summed E-state index contributed by atoms with van der Waals surface area (Å²) in [6, 6.07) is 1.32. The molecular formula is C12H15F3N2O2S. The Labute approximate surface area is 115 Å². The first kappa shape index (κ1) is 15.1. The molecule has 4 nitrogen and oxygen atoms in total. The van der Waals surface area contributed by atoms with Crippen LogP contribution in [0.1, 0.15) is 19.3 Å². The van der Waals surface area contributed by atoms with E-state index in [1.54, 1.807) is 0 Å². The van der Waals surface area contributed by atoms with Crippen LogP contribution in [0.4, 0.5) is 18.9 Å².